The van der Waals surface area contributed by atoms with Gasteiger partial charge in [0.25, 0.3) is 5.91 Å². The minimum atomic E-state index is -0.303. The fourth-order valence-corrected chi connectivity index (χ4v) is 2.65. The summed E-state index contributed by atoms with van der Waals surface area (Å²) in [7, 11) is 0. The molecule has 0 aliphatic heterocycles. The Bertz CT molecular complexity index is 939. The zero-order chi connectivity index (χ0) is 19.1. The lowest BCUT2D eigenvalue weighted by molar-refractivity contribution is 0.102. The summed E-state index contributed by atoms with van der Waals surface area (Å²) in [5, 5.41) is 8.43. The third-order valence-corrected chi connectivity index (χ3v) is 3.95. The Morgan fingerprint density at radius 1 is 0.778 bits per heavy atom. The van der Waals surface area contributed by atoms with Crippen molar-refractivity contribution >= 4 is 23.3 Å². The second kappa shape index (κ2) is 8.67. The van der Waals surface area contributed by atoms with E-state index in [0.717, 1.165) is 11.1 Å². The van der Waals surface area contributed by atoms with E-state index in [9.17, 15) is 9.59 Å². The van der Waals surface area contributed by atoms with Crippen LogP contribution in [0.2, 0.25) is 0 Å². The molecule has 3 aromatic carbocycles. The molecule has 0 radical (unpaired) electrons. The van der Waals surface area contributed by atoms with Gasteiger partial charge in [0.15, 0.2) is 0 Å². The molecule has 0 fully saturated rings. The molecular formula is C22H21N3O2. The third kappa shape index (κ3) is 5.44. The molecule has 0 bridgehead atoms. The van der Waals surface area contributed by atoms with Crippen molar-refractivity contribution in [3.8, 4) is 0 Å². The van der Waals surface area contributed by atoms with Crippen molar-refractivity contribution in [2.45, 2.75) is 13.5 Å². The zero-order valence-electron chi connectivity index (χ0n) is 15.0. The largest absolute Gasteiger partial charge is 0.334 e. The number of hydrogen-bond acceptors (Lipinski definition) is 2. The van der Waals surface area contributed by atoms with Crippen molar-refractivity contribution in [3.05, 3.63) is 95.6 Å². The fourth-order valence-electron chi connectivity index (χ4n) is 2.65. The second-order valence-electron chi connectivity index (χ2n) is 6.20. The number of carbonyl (C=O) groups excluding carboxylic acids is 2. The van der Waals surface area contributed by atoms with Crippen molar-refractivity contribution in [1.82, 2.24) is 5.32 Å². The first-order valence-corrected chi connectivity index (χ1v) is 8.67. The maximum absolute atomic E-state index is 12.2. The summed E-state index contributed by atoms with van der Waals surface area (Å²) < 4.78 is 0. The molecule has 27 heavy (non-hydrogen) atoms. The van der Waals surface area contributed by atoms with Gasteiger partial charge in [-0.05, 0) is 42.8 Å². The molecule has 0 aliphatic rings. The summed E-state index contributed by atoms with van der Waals surface area (Å²) >= 11 is 0. The molecule has 3 N–H and O–H groups in total. The Labute approximate surface area is 158 Å². The number of urea groups is 1. The van der Waals surface area contributed by atoms with Crippen LogP contribution in [0.5, 0.6) is 0 Å². The Morgan fingerprint density at radius 2 is 1.48 bits per heavy atom. The number of anilines is 2. The third-order valence-electron chi connectivity index (χ3n) is 3.95. The van der Waals surface area contributed by atoms with E-state index in [1.54, 1.807) is 36.4 Å². The Kier molecular flexibility index (Phi) is 5.84. The van der Waals surface area contributed by atoms with Crippen LogP contribution in [-0.4, -0.2) is 11.9 Å². The highest BCUT2D eigenvalue weighted by Crippen LogP contribution is 2.16. The molecule has 5 heteroatoms. The van der Waals surface area contributed by atoms with Crippen molar-refractivity contribution in [2.75, 3.05) is 10.6 Å². The highest BCUT2D eigenvalue weighted by molar-refractivity contribution is 6.04. The number of hydrogen-bond donors (Lipinski definition) is 3. The number of benzene rings is 3. The molecule has 3 rings (SSSR count). The van der Waals surface area contributed by atoms with E-state index in [0.29, 0.717) is 23.5 Å². The van der Waals surface area contributed by atoms with Gasteiger partial charge in [-0.15, -0.1) is 0 Å². The van der Waals surface area contributed by atoms with E-state index in [2.05, 4.69) is 16.0 Å². The summed E-state index contributed by atoms with van der Waals surface area (Å²) in [5.74, 6) is -0.198. The number of nitrogens with one attached hydrogen (secondary N) is 3. The van der Waals surface area contributed by atoms with Gasteiger partial charge in [0, 0.05) is 23.5 Å². The highest BCUT2D eigenvalue weighted by atomic mass is 16.2. The topological polar surface area (TPSA) is 70.2 Å². The van der Waals surface area contributed by atoms with Gasteiger partial charge in [-0.25, -0.2) is 4.79 Å². The van der Waals surface area contributed by atoms with Gasteiger partial charge in [0.1, 0.15) is 0 Å². The van der Waals surface area contributed by atoms with Crippen LogP contribution in [0, 0.1) is 6.92 Å². The Balaban J connectivity index is 1.57. The molecule has 5 nitrogen and oxygen atoms in total. The second-order valence-corrected chi connectivity index (χ2v) is 6.20. The van der Waals surface area contributed by atoms with Crippen LogP contribution in [0.15, 0.2) is 78.9 Å². The quantitative estimate of drug-likeness (QED) is 0.624. The monoisotopic (exact) mass is 359 g/mol. The van der Waals surface area contributed by atoms with E-state index >= 15 is 0 Å². The molecule has 0 saturated heterocycles. The number of amides is 3. The van der Waals surface area contributed by atoms with E-state index < -0.39 is 0 Å². The average molecular weight is 359 g/mol. The highest BCUT2D eigenvalue weighted by Gasteiger charge is 2.07. The minimum absolute atomic E-state index is 0.198. The first-order valence-electron chi connectivity index (χ1n) is 8.67. The van der Waals surface area contributed by atoms with Crippen LogP contribution in [0.25, 0.3) is 0 Å². The van der Waals surface area contributed by atoms with Gasteiger partial charge in [-0.2, -0.15) is 0 Å². The molecule has 0 heterocycles. The van der Waals surface area contributed by atoms with Crippen molar-refractivity contribution < 1.29 is 9.59 Å². The summed E-state index contributed by atoms with van der Waals surface area (Å²) in [4.78, 5) is 24.3. The molecule has 3 amide bonds. The van der Waals surface area contributed by atoms with E-state index in [4.69, 9.17) is 0 Å². The number of aryl methyl sites for hydroxylation is 1. The van der Waals surface area contributed by atoms with Crippen LogP contribution in [0.4, 0.5) is 16.2 Å². The van der Waals surface area contributed by atoms with E-state index in [1.807, 2.05) is 49.4 Å². The molecule has 0 spiro atoms. The van der Waals surface area contributed by atoms with E-state index in [1.165, 1.54) is 0 Å². The molecule has 0 saturated carbocycles. The lowest BCUT2D eigenvalue weighted by Gasteiger charge is -2.10. The van der Waals surface area contributed by atoms with Gasteiger partial charge in [-0.3, -0.25) is 4.79 Å². The number of carbonyl (C=O) groups is 2. The zero-order valence-corrected chi connectivity index (χ0v) is 15.0. The Morgan fingerprint density at radius 3 is 2.22 bits per heavy atom. The van der Waals surface area contributed by atoms with Crippen LogP contribution in [-0.2, 0) is 6.54 Å². The fraction of sp³-hybridized carbons (Fsp3) is 0.0909. The summed E-state index contributed by atoms with van der Waals surface area (Å²) in [6.45, 7) is 2.46. The van der Waals surface area contributed by atoms with Gasteiger partial charge in [-0.1, -0.05) is 54.1 Å². The first kappa shape index (κ1) is 18.2. The van der Waals surface area contributed by atoms with Crippen LogP contribution in [0.3, 0.4) is 0 Å². The summed E-state index contributed by atoms with van der Waals surface area (Å²) in [5.41, 5.74) is 3.97. The van der Waals surface area contributed by atoms with Crippen molar-refractivity contribution in [3.63, 3.8) is 0 Å². The van der Waals surface area contributed by atoms with Gasteiger partial charge in [0.2, 0.25) is 0 Å². The normalized spacial score (nSPS) is 10.1. The predicted octanol–water partition coefficient (Wildman–Crippen LogP) is 4.57. The van der Waals surface area contributed by atoms with E-state index in [-0.39, 0.29) is 11.9 Å². The standard InChI is InChI=1S/C22H21N3O2/c1-16-7-5-8-17(13-16)15-23-22(27)25-20-12-6-11-19(14-20)24-21(26)18-9-3-2-4-10-18/h2-14H,15H2,1H3,(H,24,26)(H2,23,25,27). The van der Waals surface area contributed by atoms with Crippen LogP contribution < -0.4 is 16.0 Å². The summed E-state index contributed by atoms with van der Waals surface area (Å²) in [6.07, 6.45) is 0. The summed E-state index contributed by atoms with van der Waals surface area (Å²) in [6, 6.07) is 23.7. The van der Waals surface area contributed by atoms with Gasteiger partial charge < -0.3 is 16.0 Å². The molecule has 3 aromatic rings. The maximum atomic E-state index is 12.2. The Hall–Kier alpha value is -3.60. The average Bonchev–Trinajstić information content (AvgIpc) is 2.67. The first-order chi connectivity index (χ1) is 13.1. The lowest BCUT2D eigenvalue weighted by Crippen LogP contribution is -2.28. The predicted molar refractivity (Wildman–Crippen MR) is 108 cm³/mol. The molecule has 0 aromatic heterocycles. The number of rotatable bonds is 5. The molecule has 136 valence electrons. The van der Waals surface area contributed by atoms with Gasteiger partial charge in [0.05, 0.1) is 0 Å². The smallest absolute Gasteiger partial charge is 0.319 e. The minimum Gasteiger partial charge on any atom is -0.334 e. The maximum Gasteiger partial charge on any atom is 0.319 e. The van der Waals surface area contributed by atoms with Crippen molar-refractivity contribution in [2.24, 2.45) is 0 Å². The van der Waals surface area contributed by atoms with Crippen LogP contribution >= 0.6 is 0 Å². The van der Waals surface area contributed by atoms with Crippen molar-refractivity contribution in [1.29, 1.82) is 0 Å². The lowest BCUT2D eigenvalue weighted by atomic mass is 10.1. The molecule has 0 atom stereocenters. The SMILES string of the molecule is Cc1cccc(CNC(=O)Nc2cccc(NC(=O)c3ccccc3)c2)c1. The molecular weight excluding hydrogens is 338 g/mol. The van der Waals surface area contributed by atoms with Crippen LogP contribution in [0.1, 0.15) is 21.5 Å². The van der Waals surface area contributed by atoms with Gasteiger partial charge >= 0.3 is 6.03 Å². The molecule has 0 aliphatic carbocycles. The molecule has 0 unspecified atom stereocenters.